The molecule has 1 fully saturated rings. The van der Waals surface area contributed by atoms with Crippen LogP contribution in [-0.2, 0) is 14.9 Å². The third-order valence-electron chi connectivity index (χ3n) is 4.83. The molecule has 0 saturated carbocycles. The number of nitrogens with two attached hydrogens (primary N) is 1. The van der Waals surface area contributed by atoms with Gasteiger partial charge in [0, 0.05) is 32.3 Å². The van der Waals surface area contributed by atoms with Gasteiger partial charge in [-0.25, -0.2) is 14.4 Å². The number of aryl methyl sites for hydroxylation is 1. The summed E-state index contributed by atoms with van der Waals surface area (Å²) in [7, 11) is -2.28. The highest BCUT2D eigenvalue weighted by atomic mass is 32.2. The first kappa shape index (κ1) is 25.7. The average Bonchev–Trinajstić information content (AvgIpc) is 2.80. The van der Waals surface area contributed by atoms with Crippen LogP contribution in [0.3, 0.4) is 0 Å². The maximum atomic E-state index is 12.4. The van der Waals surface area contributed by atoms with Crippen molar-refractivity contribution in [2.24, 2.45) is 5.73 Å². The molecule has 0 radical (unpaired) electrons. The summed E-state index contributed by atoms with van der Waals surface area (Å²) in [5.74, 6) is 1.18. The summed E-state index contributed by atoms with van der Waals surface area (Å²) >= 11 is 0. The highest BCUT2D eigenvalue weighted by molar-refractivity contribution is 7.85. The quantitative estimate of drug-likeness (QED) is 0.589. The molecule has 2 heterocycles. The number of nitrogens with zero attached hydrogens (tertiary/aromatic N) is 3. The van der Waals surface area contributed by atoms with Crippen LogP contribution < -0.4 is 15.4 Å². The van der Waals surface area contributed by atoms with Crippen molar-refractivity contribution in [2.75, 3.05) is 38.3 Å². The van der Waals surface area contributed by atoms with Gasteiger partial charge in [-0.3, -0.25) is 4.55 Å². The summed E-state index contributed by atoms with van der Waals surface area (Å²) in [6.45, 7) is 3.83. The average molecular weight is 469 g/mol. The van der Waals surface area contributed by atoms with E-state index in [4.69, 9.17) is 19.8 Å². The number of rotatable bonds is 7. The largest absolute Gasteiger partial charge is 0.486 e. The predicted octanol–water partition coefficient (Wildman–Crippen LogP) is 2.52. The second-order valence-electron chi connectivity index (χ2n) is 7.19. The van der Waals surface area contributed by atoms with E-state index in [0.717, 1.165) is 31.5 Å². The molecule has 176 valence electrons. The van der Waals surface area contributed by atoms with E-state index in [0.29, 0.717) is 29.7 Å². The number of ether oxygens (including phenoxy) is 2. The molecule has 0 amide bonds. The molecular weight excluding hydrogens is 439 g/mol. The van der Waals surface area contributed by atoms with Crippen molar-refractivity contribution in [1.29, 1.82) is 0 Å². The van der Waals surface area contributed by atoms with Gasteiger partial charge in [-0.05, 0) is 31.9 Å². The lowest BCUT2D eigenvalue weighted by Gasteiger charge is -2.31. The fourth-order valence-corrected chi connectivity index (χ4v) is 3.34. The number of hydrogen-bond donors (Lipinski definition) is 2. The van der Waals surface area contributed by atoms with Crippen LogP contribution >= 0.6 is 0 Å². The molecule has 1 aliphatic rings. The first-order valence-electron chi connectivity index (χ1n) is 10.0. The Balaban J connectivity index is 0.000000278. The van der Waals surface area contributed by atoms with Crippen molar-refractivity contribution in [3.8, 4) is 5.75 Å². The van der Waals surface area contributed by atoms with E-state index in [9.17, 15) is 12.8 Å². The first-order valence-corrected chi connectivity index (χ1v) is 11.5. The monoisotopic (exact) mass is 468 g/mol. The van der Waals surface area contributed by atoms with Crippen LogP contribution in [0.25, 0.3) is 0 Å². The Hall–Kier alpha value is -2.60. The van der Waals surface area contributed by atoms with Crippen molar-refractivity contribution in [3.63, 3.8) is 0 Å². The molecule has 1 saturated heterocycles. The van der Waals surface area contributed by atoms with E-state index >= 15 is 0 Å². The molecule has 1 aromatic heterocycles. The van der Waals surface area contributed by atoms with Gasteiger partial charge in [0.2, 0.25) is 5.95 Å². The molecule has 0 aliphatic carbocycles. The Morgan fingerprint density at radius 2 is 1.84 bits per heavy atom. The predicted molar refractivity (Wildman–Crippen MR) is 119 cm³/mol. The number of benzene rings is 1. The van der Waals surface area contributed by atoms with Gasteiger partial charge in [0.25, 0.3) is 10.1 Å². The third kappa shape index (κ3) is 8.15. The van der Waals surface area contributed by atoms with Gasteiger partial charge in [-0.2, -0.15) is 8.42 Å². The molecule has 1 aliphatic heterocycles. The third-order valence-corrected chi connectivity index (χ3v) is 5.70. The molecule has 32 heavy (non-hydrogen) atoms. The van der Waals surface area contributed by atoms with Crippen LogP contribution in [0.2, 0.25) is 0 Å². The van der Waals surface area contributed by atoms with Crippen molar-refractivity contribution in [2.45, 2.75) is 30.8 Å². The fourth-order valence-electron chi connectivity index (χ4n) is 2.86. The van der Waals surface area contributed by atoms with E-state index < -0.39 is 10.1 Å². The lowest BCUT2D eigenvalue weighted by Crippen LogP contribution is -2.37. The highest BCUT2D eigenvalue weighted by Gasteiger charge is 2.20. The van der Waals surface area contributed by atoms with Gasteiger partial charge in [-0.15, -0.1) is 0 Å². The van der Waals surface area contributed by atoms with Crippen LogP contribution in [0.1, 0.15) is 18.4 Å². The van der Waals surface area contributed by atoms with Crippen molar-refractivity contribution < 1.29 is 26.8 Å². The molecule has 2 aromatic rings. The SMILES string of the molecule is COC1CCN(c2ncc(OC/C(=C/F)CN)cn2)CC1.Cc1ccc(S(=O)(=O)O)cc1. The van der Waals surface area contributed by atoms with Crippen LogP contribution in [0.5, 0.6) is 5.75 Å². The molecule has 0 spiro atoms. The van der Waals surface area contributed by atoms with Gasteiger partial charge in [0.1, 0.15) is 6.61 Å². The van der Waals surface area contributed by atoms with E-state index in [2.05, 4.69) is 14.9 Å². The molecule has 9 nitrogen and oxygen atoms in total. The molecule has 1 aromatic carbocycles. The van der Waals surface area contributed by atoms with Crippen LogP contribution in [0, 0.1) is 6.92 Å². The van der Waals surface area contributed by atoms with Crippen LogP contribution in [-0.4, -0.2) is 62.4 Å². The van der Waals surface area contributed by atoms with Crippen molar-refractivity contribution >= 4 is 16.1 Å². The second kappa shape index (κ2) is 12.4. The smallest absolute Gasteiger partial charge is 0.294 e. The van der Waals surface area contributed by atoms with Crippen LogP contribution in [0.4, 0.5) is 10.3 Å². The molecule has 0 unspecified atom stereocenters. The normalized spacial score (nSPS) is 15.2. The van der Waals surface area contributed by atoms with E-state index in [-0.39, 0.29) is 18.0 Å². The zero-order valence-corrected chi connectivity index (χ0v) is 19.0. The highest BCUT2D eigenvalue weighted by Crippen LogP contribution is 2.19. The Morgan fingerprint density at radius 1 is 1.25 bits per heavy atom. The summed E-state index contributed by atoms with van der Waals surface area (Å²) in [6.07, 6.45) is 5.92. The maximum absolute atomic E-state index is 12.4. The topological polar surface area (TPSA) is 128 Å². The van der Waals surface area contributed by atoms with E-state index in [1.54, 1.807) is 31.6 Å². The van der Waals surface area contributed by atoms with Gasteiger partial charge >= 0.3 is 0 Å². The molecule has 0 bridgehead atoms. The van der Waals surface area contributed by atoms with Crippen molar-refractivity contribution in [1.82, 2.24) is 9.97 Å². The second-order valence-corrected chi connectivity index (χ2v) is 8.61. The summed E-state index contributed by atoms with van der Waals surface area (Å²) in [5, 5.41) is 0. The lowest BCUT2D eigenvalue weighted by atomic mass is 10.1. The molecule has 3 rings (SSSR count). The standard InChI is InChI=1S/C14H21FN4O2.C7H8O3S/c1-20-12-2-4-19(5-3-12)14-17-8-13(9-18-14)21-10-11(6-15)7-16;1-6-2-4-7(5-3-6)11(8,9)10/h6,8-9,12H,2-5,7,10,16H2,1H3;2-5H,1H3,(H,8,9,10)/b11-6+;. The summed E-state index contributed by atoms with van der Waals surface area (Å²) in [5.41, 5.74) is 6.70. The molecule has 3 N–H and O–H groups in total. The van der Waals surface area contributed by atoms with Crippen LogP contribution in [0.15, 0.2) is 53.5 Å². The minimum absolute atomic E-state index is 0.0666. The Bertz CT molecular complexity index is 961. The Morgan fingerprint density at radius 3 is 2.31 bits per heavy atom. The number of methoxy groups -OCH3 is 1. The van der Waals surface area contributed by atoms with Gasteiger partial charge < -0.3 is 20.1 Å². The maximum Gasteiger partial charge on any atom is 0.294 e. The minimum Gasteiger partial charge on any atom is -0.486 e. The van der Waals surface area contributed by atoms with Gasteiger partial charge in [0.05, 0.1) is 29.7 Å². The molecule has 0 atom stereocenters. The minimum atomic E-state index is -4.02. The summed E-state index contributed by atoms with van der Waals surface area (Å²) in [4.78, 5) is 10.6. The van der Waals surface area contributed by atoms with E-state index in [1.165, 1.54) is 12.1 Å². The van der Waals surface area contributed by atoms with Crippen molar-refractivity contribution in [3.05, 3.63) is 54.1 Å². The number of aromatic nitrogens is 2. The first-order chi connectivity index (χ1) is 15.3. The van der Waals surface area contributed by atoms with Gasteiger partial charge in [-0.1, -0.05) is 17.7 Å². The zero-order chi connectivity index (χ0) is 23.6. The summed E-state index contributed by atoms with van der Waals surface area (Å²) in [6, 6.07) is 5.99. The lowest BCUT2D eigenvalue weighted by molar-refractivity contribution is 0.0816. The van der Waals surface area contributed by atoms with E-state index in [1.807, 2.05) is 6.92 Å². The Kier molecular flexibility index (Phi) is 9.97. The number of halogens is 1. The number of anilines is 1. The fraction of sp³-hybridized carbons (Fsp3) is 0.429. The zero-order valence-electron chi connectivity index (χ0n) is 18.1. The number of hydrogen-bond acceptors (Lipinski definition) is 8. The Labute approximate surface area is 187 Å². The summed E-state index contributed by atoms with van der Waals surface area (Å²) < 4.78 is 52.6. The molecular formula is C21H29FN4O5S. The van der Waals surface area contributed by atoms with Gasteiger partial charge in [0.15, 0.2) is 5.75 Å². The molecule has 11 heteroatoms. The number of piperidine rings is 1.